The van der Waals surface area contributed by atoms with Crippen molar-refractivity contribution in [1.82, 2.24) is 24.3 Å². The number of rotatable bonds is 5. The lowest BCUT2D eigenvalue weighted by Crippen LogP contribution is -2.47. The van der Waals surface area contributed by atoms with Crippen LogP contribution < -0.4 is 11.1 Å². The van der Waals surface area contributed by atoms with Gasteiger partial charge in [0.15, 0.2) is 5.82 Å². The number of amides is 3. The van der Waals surface area contributed by atoms with E-state index in [9.17, 15) is 14.4 Å². The highest BCUT2D eigenvalue weighted by Gasteiger charge is 2.23. The molecule has 3 amide bonds. The first-order valence-electron chi connectivity index (χ1n) is 14.9. The lowest BCUT2D eigenvalue weighted by molar-refractivity contribution is 0.0664. The molecule has 10 heteroatoms. The Balaban J connectivity index is 1.30. The van der Waals surface area contributed by atoms with Gasteiger partial charge < -0.3 is 30.4 Å². The molecule has 1 fully saturated rings. The van der Waals surface area contributed by atoms with Crippen LogP contribution in [-0.4, -0.2) is 75.3 Å². The molecule has 0 unspecified atom stereocenters. The zero-order valence-corrected chi connectivity index (χ0v) is 25.3. The van der Waals surface area contributed by atoms with E-state index in [0.717, 1.165) is 57.1 Å². The lowest BCUT2D eigenvalue weighted by atomic mass is 9.93. The van der Waals surface area contributed by atoms with Crippen molar-refractivity contribution >= 4 is 56.2 Å². The normalized spacial score (nSPS) is 14.0. The summed E-state index contributed by atoms with van der Waals surface area (Å²) in [6.45, 7) is 4.99. The van der Waals surface area contributed by atoms with Crippen LogP contribution in [0.4, 0.5) is 5.69 Å². The monoisotopic (exact) mass is 599 g/mol. The quantitative estimate of drug-likeness (QED) is 0.259. The molecule has 0 radical (unpaired) electrons. The summed E-state index contributed by atoms with van der Waals surface area (Å²) in [7, 11) is 3.88. The predicted molar refractivity (Wildman–Crippen MR) is 177 cm³/mol. The number of nitrogens with zero attached hydrogens (tertiary/aromatic N) is 4. The summed E-state index contributed by atoms with van der Waals surface area (Å²) >= 11 is 0. The fraction of sp³-hybridized carbons (Fsp3) is 0.200. The number of imidazole rings is 1. The van der Waals surface area contributed by atoms with E-state index in [2.05, 4.69) is 27.2 Å². The number of hydrogen-bond donors (Lipinski definition) is 3. The van der Waals surface area contributed by atoms with Gasteiger partial charge in [0, 0.05) is 60.8 Å². The molecule has 7 rings (SSSR count). The summed E-state index contributed by atoms with van der Waals surface area (Å²) in [5.74, 6) is -0.563. The number of carbonyl (C=O) groups excluding carboxylic acids is 3. The van der Waals surface area contributed by atoms with E-state index in [1.807, 2.05) is 85.6 Å². The number of nitrogens with one attached hydrogen (secondary N) is 2. The number of nitrogens with two attached hydrogens (primary N) is 1. The number of primary amides is 1. The second kappa shape index (κ2) is 10.9. The zero-order valence-electron chi connectivity index (χ0n) is 25.3. The number of H-pyrrole nitrogens is 1. The number of aryl methyl sites for hydroxylation is 1. The molecule has 0 bridgehead atoms. The Bertz CT molecular complexity index is 2170. The largest absolute Gasteiger partial charge is 0.366 e. The average Bonchev–Trinajstić information content (AvgIpc) is 3.59. The van der Waals surface area contributed by atoms with Crippen molar-refractivity contribution in [2.75, 3.05) is 38.5 Å². The maximum atomic E-state index is 13.4. The van der Waals surface area contributed by atoms with E-state index in [1.54, 1.807) is 10.6 Å². The summed E-state index contributed by atoms with van der Waals surface area (Å²) < 4.78 is 1.78. The van der Waals surface area contributed by atoms with Gasteiger partial charge in [0.2, 0.25) is 0 Å². The van der Waals surface area contributed by atoms with Gasteiger partial charge in [-0.1, -0.05) is 36.4 Å². The van der Waals surface area contributed by atoms with E-state index in [4.69, 9.17) is 5.73 Å². The van der Waals surface area contributed by atoms with Crippen molar-refractivity contribution in [2.24, 2.45) is 12.8 Å². The molecule has 0 aliphatic carbocycles. The van der Waals surface area contributed by atoms with Crippen LogP contribution in [0.25, 0.3) is 44.0 Å². The van der Waals surface area contributed by atoms with Gasteiger partial charge in [0.1, 0.15) is 0 Å². The van der Waals surface area contributed by atoms with Gasteiger partial charge in [0.05, 0.1) is 22.1 Å². The number of piperazine rings is 1. The molecular weight excluding hydrogens is 566 g/mol. The fourth-order valence-electron chi connectivity index (χ4n) is 6.36. The number of benzene rings is 4. The van der Waals surface area contributed by atoms with Crippen molar-refractivity contribution < 1.29 is 14.4 Å². The Hall–Kier alpha value is -5.48. The first-order valence-corrected chi connectivity index (χ1v) is 14.9. The molecule has 1 aliphatic heterocycles. The lowest BCUT2D eigenvalue weighted by Gasteiger charge is -2.32. The second-order valence-electron chi connectivity index (χ2n) is 11.7. The van der Waals surface area contributed by atoms with Crippen LogP contribution in [-0.2, 0) is 7.05 Å². The number of fused-ring (bicyclic) bond motifs is 4. The minimum atomic E-state index is -0.549. The predicted octanol–water partition coefficient (Wildman–Crippen LogP) is 4.92. The molecule has 226 valence electrons. The highest BCUT2D eigenvalue weighted by atomic mass is 16.2. The summed E-state index contributed by atoms with van der Waals surface area (Å²) in [5, 5.41) is 4.74. The first-order chi connectivity index (χ1) is 21.7. The van der Waals surface area contributed by atoms with Crippen LogP contribution in [0.15, 0.2) is 72.8 Å². The maximum absolute atomic E-state index is 13.4. The van der Waals surface area contributed by atoms with E-state index in [-0.39, 0.29) is 11.8 Å². The molecule has 4 aromatic carbocycles. The number of hydrogen-bond acceptors (Lipinski definition) is 5. The van der Waals surface area contributed by atoms with Crippen LogP contribution in [0.5, 0.6) is 0 Å². The number of anilines is 1. The molecule has 0 atom stereocenters. The third-order valence-electron chi connectivity index (χ3n) is 8.92. The molecule has 0 spiro atoms. The number of likely N-dealkylation sites (N-methyl/N-ethyl adjacent to an activating group) is 1. The molecule has 1 aliphatic rings. The van der Waals surface area contributed by atoms with Crippen LogP contribution >= 0.6 is 0 Å². The van der Waals surface area contributed by atoms with Crippen molar-refractivity contribution in [3.05, 3.63) is 95.3 Å². The van der Waals surface area contributed by atoms with Crippen molar-refractivity contribution in [2.45, 2.75) is 6.92 Å². The Labute approximate surface area is 259 Å². The minimum Gasteiger partial charge on any atom is -0.366 e. The van der Waals surface area contributed by atoms with E-state index < -0.39 is 5.91 Å². The van der Waals surface area contributed by atoms with Crippen LogP contribution in [0.3, 0.4) is 0 Å². The Morgan fingerprint density at radius 3 is 2.42 bits per heavy atom. The van der Waals surface area contributed by atoms with E-state index in [0.29, 0.717) is 41.2 Å². The van der Waals surface area contributed by atoms with Crippen molar-refractivity contribution in [1.29, 1.82) is 0 Å². The summed E-state index contributed by atoms with van der Waals surface area (Å²) in [6.07, 6.45) is 0. The second-order valence-corrected chi connectivity index (χ2v) is 11.7. The van der Waals surface area contributed by atoms with Gasteiger partial charge in [-0.3, -0.25) is 14.4 Å². The van der Waals surface area contributed by atoms with Crippen molar-refractivity contribution in [3.63, 3.8) is 0 Å². The fourth-order valence-corrected chi connectivity index (χ4v) is 6.36. The Morgan fingerprint density at radius 1 is 0.889 bits per heavy atom. The molecule has 4 N–H and O–H groups in total. The highest BCUT2D eigenvalue weighted by Crippen LogP contribution is 2.39. The zero-order chi connectivity index (χ0) is 31.4. The molecule has 3 heterocycles. The molecule has 45 heavy (non-hydrogen) atoms. The number of para-hydroxylation sites is 2. The molecule has 10 nitrogen and oxygen atoms in total. The molecule has 2 aromatic heterocycles. The van der Waals surface area contributed by atoms with E-state index >= 15 is 0 Å². The average molecular weight is 600 g/mol. The molecule has 1 saturated heterocycles. The smallest absolute Gasteiger partial charge is 0.291 e. The van der Waals surface area contributed by atoms with E-state index in [1.165, 1.54) is 0 Å². The standard InChI is InChI=1S/C35H33N7O3/c1-20-22(7-6-9-26(20)39-34(44)33-38-27-8-4-5-10-29(27)41(33)3)23-13-14-25(32(36)43)31-30(23)24-12-11-21(19-28(24)37-31)35(45)42-17-15-40(2)16-18-42/h4-14,19,37H,15-18H2,1-3H3,(H2,36,43)(H,39,44). The third kappa shape index (κ3) is 4.79. The third-order valence-corrected chi connectivity index (χ3v) is 8.92. The van der Waals surface area contributed by atoms with Gasteiger partial charge in [0.25, 0.3) is 17.7 Å². The topological polar surface area (TPSA) is 129 Å². The minimum absolute atomic E-state index is 0.0149. The van der Waals surface area contributed by atoms with Crippen molar-refractivity contribution in [3.8, 4) is 11.1 Å². The summed E-state index contributed by atoms with van der Waals surface area (Å²) in [5.41, 5.74) is 13.0. The summed E-state index contributed by atoms with van der Waals surface area (Å²) in [6, 6.07) is 22.6. The van der Waals surface area contributed by atoms with Gasteiger partial charge in [-0.2, -0.15) is 0 Å². The SMILES string of the molecule is Cc1c(NC(=O)c2nc3ccccc3n2C)cccc1-c1ccc(C(N)=O)c2[nH]c3cc(C(=O)N4CCN(C)CC4)ccc3c12. The van der Waals surface area contributed by atoms with Crippen LogP contribution in [0.1, 0.15) is 36.9 Å². The van der Waals surface area contributed by atoms with Crippen LogP contribution in [0.2, 0.25) is 0 Å². The summed E-state index contributed by atoms with van der Waals surface area (Å²) in [4.78, 5) is 51.3. The number of aromatic nitrogens is 3. The highest BCUT2D eigenvalue weighted by molar-refractivity contribution is 6.20. The number of aromatic amines is 1. The van der Waals surface area contributed by atoms with Gasteiger partial charge >= 0.3 is 0 Å². The van der Waals surface area contributed by atoms with Crippen LogP contribution in [0, 0.1) is 6.92 Å². The Morgan fingerprint density at radius 2 is 1.67 bits per heavy atom. The van der Waals surface area contributed by atoms with Gasteiger partial charge in [-0.15, -0.1) is 0 Å². The maximum Gasteiger partial charge on any atom is 0.291 e. The number of carbonyl (C=O) groups is 3. The first kappa shape index (κ1) is 28.3. The molecule has 6 aromatic rings. The molecular formula is C35H33N7O3. The Kier molecular flexibility index (Phi) is 6.86. The van der Waals surface area contributed by atoms with Gasteiger partial charge in [-0.25, -0.2) is 4.98 Å². The van der Waals surface area contributed by atoms with Gasteiger partial charge in [-0.05, 0) is 67.1 Å². The molecule has 0 saturated carbocycles.